The lowest BCUT2D eigenvalue weighted by atomic mass is 10.1. The molecule has 0 fully saturated rings. The van der Waals surface area contributed by atoms with Crippen molar-refractivity contribution in [3.63, 3.8) is 0 Å². The number of rotatable bonds is 6. The third-order valence-corrected chi connectivity index (χ3v) is 3.83. The molecule has 0 heterocycles. The molecular formula is C14H23BrN2. The zero-order valence-electron chi connectivity index (χ0n) is 11.0. The van der Waals surface area contributed by atoms with Gasteiger partial charge in [0.2, 0.25) is 0 Å². The van der Waals surface area contributed by atoms with E-state index in [1.807, 2.05) is 0 Å². The molecule has 3 heteroatoms. The van der Waals surface area contributed by atoms with Crippen molar-refractivity contribution in [3.05, 3.63) is 28.2 Å². The highest BCUT2D eigenvalue weighted by molar-refractivity contribution is 9.10. The van der Waals surface area contributed by atoms with E-state index in [0.717, 1.165) is 10.9 Å². The molecule has 0 bridgehead atoms. The molecule has 0 radical (unpaired) electrons. The van der Waals surface area contributed by atoms with Crippen molar-refractivity contribution >= 4 is 21.6 Å². The summed E-state index contributed by atoms with van der Waals surface area (Å²) >= 11 is 3.65. The van der Waals surface area contributed by atoms with Crippen LogP contribution in [0, 0.1) is 0 Å². The van der Waals surface area contributed by atoms with Crippen LogP contribution < -0.4 is 10.6 Å². The maximum absolute atomic E-state index is 5.57. The van der Waals surface area contributed by atoms with Crippen LogP contribution in [-0.4, -0.2) is 19.6 Å². The summed E-state index contributed by atoms with van der Waals surface area (Å²) in [5.74, 6) is 0. The van der Waals surface area contributed by atoms with Crippen molar-refractivity contribution in [1.82, 2.24) is 0 Å². The average Bonchev–Trinajstić information content (AvgIpc) is 2.29. The van der Waals surface area contributed by atoms with Crippen molar-refractivity contribution in [2.75, 3.05) is 18.5 Å². The van der Waals surface area contributed by atoms with Gasteiger partial charge in [-0.05, 0) is 59.9 Å². The number of benzene rings is 1. The number of anilines is 1. The molecule has 0 aromatic heterocycles. The summed E-state index contributed by atoms with van der Waals surface area (Å²) in [6.07, 6.45) is 3.37. The van der Waals surface area contributed by atoms with Gasteiger partial charge in [-0.1, -0.05) is 19.4 Å². The van der Waals surface area contributed by atoms with Gasteiger partial charge in [0.15, 0.2) is 0 Å². The van der Waals surface area contributed by atoms with Crippen LogP contribution in [0.5, 0.6) is 0 Å². The van der Waals surface area contributed by atoms with Gasteiger partial charge in [-0.25, -0.2) is 0 Å². The Bertz CT molecular complexity index is 352. The minimum atomic E-state index is 0.566. The predicted octanol–water partition coefficient (Wildman–Crippen LogP) is 3.58. The number of halogens is 1. The number of hydrogen-bond acceptors (Lipinski definition) is 2. The van der Waals surface area contributed by atoms with Crippen LogP contribution >= 0.6 is 15.9 Å². The molecule has 1 unspecified atom stereocenters. The van der Waals surface area contributed by atoms with Crippen LogP contribution in [0.1, 0.15) is 32.3 Å². The summed E-state index contributed by atoms with van der Waals surface area (Å²) in [7, 11) is 2.16. The lowest BCUT2D eigenvalue weighted by molar-refractivity contribution is 0.615. The highest BCUT2D eigenvalue weighted by atomic mass is 79.9. The van der Waals surface area contributed by atoms with Gasteiger partial charge in [0.05, 0.1) is 5.69 Å². The van der Waals surface area contributed by atoms with Gasteiger partial charge >= 0.3 is 0 Å². The molecule has 0 saturated carbocycles. The fraction of sp³-hybridized carbons (Fsp3) is 0.571. The minimum absolute atomic E-state index is 0.566. The SMILES string of the molecule is CCCC(C)N(C)c1ccc(CCN)cc1Br. The minimum Gasteiger partial charge on any atom is -0.371 e. The van der Waals surface area contributed by atoms with E-state index in [2.05, 4.69) is 59.9 Å². The maximum Gasteiger partial charge on any atom is 0.0510 e. The molecule has 1 rings (SSSR count). The Kier molecular flexibility index (Phi) is 6.00. The molecule has 0 spiro atoms. The second-order valence-electron chi connectivity index (χ2n) is 4.57. The van der Waals surface area contributed by atoms with Crippen LogP contribution in [0.2, 0.25) is 0 Å². The standard InChI is InChI=1S/C14H23BrN2/c1-4-5-11(2)17(3)14-7-6-12(8-9-16)10-13(14)15/h6-7,10-11H,4-5,8-9,16H2,1-3H3. The van der Waals surface area contributed by atoms with Gasteiger partial charge in [0.25, 0.3) is 0 Å². The molecule has 0 aliphatic carbocycles. The topological polar surface area (TPSA) is 29.3 Å². The van der Waals surface area contributed by atoms with E-state index < -0.39 is 0 Å². The fourth-order valence-corrected chi connectivity index (χ4v) is 2.71. The third-order valence-electron chi connectivity index (χ3n) is 3.19. The molecule has 0 saturated heterocycles. The third kappa shape index (κ3) is 4.00. The summed E-state index contributed by atoms with van der Waals surface area (Å²) in [5, 5.41) is 0. The monoisotopic (exact) mass is 298 g/mol. The van der Waals surface area contributed by atoms with Crippen molar-refractivity contribution in [2.24, 2.45) is 5.73 Å². The van der Waals surface area contributed by atoms with E-state index in [1.165, 1.54) is 24.1 Å². The Morgan fingerprint density at radius 3 is 2.65 bits per heavy atom. The van der Waals surface area contributed by atoms with E-state index >= 15 is 0 Å². The van der Waals surface area contributed by atoms with Gasteiger partial charge in [-0.15, -0.1) is 0 Å². The summed E-state index contributed by atoms with van der Waals surface area (Å²) < 4.78 is 1.16. The van der Waals surface area contributed by atoms with Gasteiger partial charge in [0, 0.05) is 17.6 Å². The van der Waals surface area contributed by atoms with Gasteiger partial charge in [-0.3, -0.25) is 0 Å². The highest BCUT2D eigenvalue weighted by Crippen LogP contribution is 2.28. The van der Waals surface area contributed by atoms with Gasteiger partial charge in [0.1, 0.15) is 0 Å². The molecular weight excluding hydrogens is 276 g/mol. The Morgan fingerprint density at radius 1 is 1.41 bits per heavy atom. The van der Waals surface area contributed by atoms with Crippen LogP contribution in [0.15, 0.2) is 22.7 Å². The van der Waals surface area contributed by atoms with E-state index in [9.17, 15) is 0 Å². The number of nitrogens with two attached hydrogens (primary N) is 1. The highest BCUT2D eigenvalue weighted by Gasteiger charge is 2.12. The van der Waals surface area contributed by atoms with E-state index in [-0.39, 0.29) is 0 Å². The first-order chi connectivity index (χ1) is 8.10. The molecule has 1 aromatic carbocycles. The first kappa shape index (κ1) is 14.5. The largest absolute Gasteiger partial charge is 0.371 e. The maximum atomic E-state index is 5.57. The summed E-state index contributed by atoms with van der Waals surface area (Å²) in [5.41, 5.74) is 8.12. The van der Waals surface area contributed by atoms with Crippen LogP contribution in [-0.2, 0) is 6.42 Å². The predicted molar refractivity (Wildman–Crippen MR) is 79.7 cm³/mol. The van der Waals surface area contributed by atoms with E-state index in [1.54, 1.807) is 0 Å². The average molecular weight is 299 g/mol. The zero-order chi connectivity index (χ0) is 12.8. The molecule has 0 aliphatic heterocycles. The summed E-state index contributed by atoms with van der Waals surface area (Å²) in [4.78, 5) is 2.33. The summed E-state index contributed by atoms with van der Waals surface area (Å²) in [6.45, 7) is 5.20. The van der Waals surface area contributed by atoms with Gasteiger partial charge < -0.3 is 10.6 Å². The fourth-order valence-electron chi connectivity index (χ4n) is 2.01. The van der Waals surface area contributed by atoms with Gasteiger partial charge in [-0.2, -0.15) is 0 Å². The van der Waals surface area contributed by atoms with Crippen molar-refractivity contribution in [1.29, 1.82) is 0 Å². The lowest BCUT2D eigenvalue weighted by Crippen LogP contribution is -2.28. The Labute approximate surface area is 113 Å². The molecule has 1 aromatic rings. The van der Waals surface area contributed by atoms with Crippen molar-refractivity contribution < 1.29 is 0 Å². The molecule has 17 heavy (non-hydrogen) atoms. The molecule has 2 nitrogen and oxygen atoms in total. The molecule has 0 aliphatic rings. The van der Waals surface area contributed by atoms with E-state index in [4.69, 9.17) is 5.73 Å². The van der Waals surface area contributed by atoms with E-state index in [0.29, 0.717) is 12.6 Å². The first-order valence-electron chi connectivity index (χ1n) is 6.31. The quantitative estimate of drug-likeness (QED) is 0.870. The number of hydrogen-bond donors (Lipinski definition) is 1. The van der Waals surface area contributed by atoms with Crippen LogP contribution in [0.4, 0.5) is 5.69 Å². The molecule has 96 valence electrons. The van der Waals surface area contributed by atoms with Crippen LogP contribution in [0.25, 0.3) is 0 Å². The number of nitrogens with zero attached hydrogens (tertiary/aromatic N) is 1. The normalized spacial score (nSPS) is 12.5. The van der Waals surface area contributed by atoms with Crippen molar-refractivity contribution in [2.45, 2.75) is 39.2 Å². The second kappa shape index (κ2) is 7.02. The molecule has 2 N–H and O–H groups in total. The zero-order valence-corrected chi connectivity index (χ0v) is 12.6. The molecule has 0 amide bonds. The lowest BCUT2D eigenvalue weighted by Gasteiger charge is -2.28. The second-order valence-corrected chi connectivity index (χ2v) is 5.43. The molecule has 1 atom stereocenters. The van der Waals surface area contributed by atoms with Crippen molar-refractivity contribution in [3.8, 4) is 0 Å². The Morgan fingerprint density at radius 2 is 2.12 bits per heavy atom. The summed E-state index contributed by atoms with van der Waals surface area (Å²) in [6, 6.07) is 7.09. The Hall–Kier alpha value is -0.540. The smallest absolute Gasteiger partial charge is 0.0510 e. The van der Waals surface area contributed by atoms with Crippen LogP contribution in [0.3, 0.4) is 0 Å². The first-order valence-corrected chi connectivity index (χ1v) is 7.10. The Balaban J connectivity index is 2.83.